The molecule has 5 N–H and O–H groups in total. The summed E-state index contributed by atoms with van der Waals surface area (Å²) in [6.07, 6.45) is 4.08. The number of aliphatic hydroxyl groups is 1. The number of pyridine rings is 1. The van der Waals surface area contributed by atoms with Crippen LogP contribution in [0.15, 0.2) is 109 Å². The van der Waals surface area contributed by atoms with E-state index in [1.807, 2.05) is 55.5 Å². The smallest absolute Gasteiger partial charge is 0.418 e. The lowest BCUT2D eigenvalue weighted by molar-refractivity contribution is -0.753. The molecule has 0 saturated carbocycles. The van der Waals surface area contributed by atoms with Crippen LogP contribution in [0.1, 0.15) is 70.9 Å². The number of nitrogens with two attached hydrogens (primary N) is 2. The van der Waals surface area contributed by atoms with Gasteiger partial charge in [0.15, 0.2) is 0 Å². The predicted octanol–water partition coefficient (Wildman–Crippen LogP) is 1.54. The van der Waals surface area contributed by atoms with E-state index in [9.17, 15) is 28.7 Å². The Labute approximate surface area is 444 Å². The quantitative estimate of drug-likeness (QED) is 0.0726. The molecule has 408 valence electrons. The van der Waals surface area contributed by atoms with Gasteiger partial charge in [-0.15, -0.1) is 4.68 Å². The van der Waals surface area contributed by atoms with Crippen molar-refractivity contribution in [3.63, 3.8) is 0 Å². The van der Waals surface area contributed by atoms with Crippen LogP contribution < -0.4 is 53.6 Å². The third-order valence-electron chi connectivity index (χ3n) is 13.3. The second-order valence-corrected chi connectivity index (χ2v) is 18.5. The van der Waals surface area contributed by atoms with Gasteiger partial charge in [-0.2, -0.15) is 9.67 Å². The molecule has 0 aliphatic carbocycles. The van der Waals surface area contributed by atoms with Crippen molar-refractivity contribution < 1.29 is 64.2 Å². The molecule has 3 aromatic carbocycles. The van der Waals surface area contributed by atoms with Gasteiger partial charge in [0.25, 0.3) is 6.33 Å². The minimum absolute atomic E-state index is 0. The summed E-state index contributed by atoms with van der Waals surface area (Å²) in [7, 11) is 1.43. The molecule has 21 nitrogen and oxygen atoms in total. The maximum atomic E-state index is 15.6. The first-order chi connectivity index (χ1) is 35.5. The number of benzene rings is 3. The number of amides is 2. The molecule has 6 atom stereocenters. The van der Waals surface area contributed by atoms with Crippen LogP contribution in [0.25, 0.3) is 5.69 Å². The minimum Gasteiger partial charge on any atom is -1.00 e. The molecule has 2 saturated heterocycles. The summed E-state index contributed by atoms with van der Waals surface area (Å²) in [5, 5.41) is 18.9. The van der Waals surface area contributed by atoms with E-state index in [1.165, 1.54) is 56.5 Å². The maximum absolute atomic E-state index is 15.6. The number of aromatic nitrogens is 7. The predicted molar refractivity (Wildman–Crippen MR) is 272 cm³/mol. The fourth-order valence-corrected chi connectivity index (χ4v) is 9.31. The van der Waals surface area contributed by atoms with Crippen LogP contribution in [0.3, 0.4) is 0 Å². The number of anilines is 3. The number of ether oxygens (including phenoxy) is 4. The molecule has 0 spiro atoms. The molecule has 24 heteroatoms. The number of carbonyl (C=O) groups is 3. The topological polar surface area (TPSA) is 245 Å². The highest BCUT2D eigenvalue weighted by Gasteiger charge is 2.46. The molecular formula is C52H65ClF2N12O9. The maximum Gasteiger partial charge on any atom is 0.418 e. The van der Waals surface area contributed by atoms with Gasteiger partial charge < -0.3 is 57.7 Å². The van der Waals surface area contributed by atoms with Crippen LogP contribution >= 0.6 is 0 Å². The first kappa shape index (κ1) is 57.8. The number of hydrogen-bond acceptors (Lipinski definition) is 15. The molecule has 0 radical (unpaired) electrons. The Kier molecular flexibility index (Phi) is 19.3. The van der Waals surface area contributed by atoms with Crippen molar-refractivity contribution in [2.75, 3.05) is 61.1 Å². The molecule has 0 bridgehead atoms. The van der Waals surface area contributed by atoms with Gasteiger partial charge in [0, 0.05) is 85.9 Å². The van der Waals surface area contributed by atoms with Gasteiger partial charge in [-0.25, -0.2) is 32.6 Å². The van der Waals surface area contributed by atoms with Crippen LogP contribution in [0.5, 0.6) is 5.75 Å². The van der Waals surface area contributed by atoms with Crippen molar-refractivity contribution in [1.82, 2.24) is 29.1 Å². The lowest BCUT2D eigenvalue weighted by Gasteiger charge is -2.37. The van der Waals surface area contributed by atoms with E-state index in [1.54, 1.807) is 32.3 Å². The molecule has 2 fully saturated rings. The Morgan fingerprint density at radius 1 is 0.974 bits per heavy atom. The summed E-state index contributed by atoms with van der Waals surface area (Å²) in [4.78, 5) is 60.0. The number of primary amides is 1. The zero-order chi connectivity index (χ0) is 52.7. The highest BCUT2D eigenvalue weighted by molar-refractivity contribution is 5.87. The summed E-state index contributed by atoms with van der Waals surface area (Å²) in [5.41, 5.74) is 12.6. The number of carbonyl (C=O) groups excluding carboxylic acids is 3. The Balaban J connectivity index is 0.00000469. The largest absolute Gasteiger partial charge is 1.00 e. The molecule has 76 heavy (non-hydrogen) atoms. The summed E-state index contributed by atoms with van der Waals surface area (Å²) < 4.78 is 59.4. The second-order valence-electron chi connectivity index (χ2n) is 18.5. The fraction of sp³-hybridized carbons (Fsp3) is 0.423. The Morgan fingerprint density at radius 3 is 2.26 bits per heavy atom. The van der Waals surface area contributed by atoms with Crippen molar-refractivity contribution in [3.8, 4) is 11.4 Å². The van der Waals surface area contributed by atoms with E-state index in [0.717, 1.165) is 48.5 Å². The van der Waals surface area contributed by atoms with Crippen molar-refractivity contribution in [1.29, 1.82) is 0 Å². The van der Waals surface area contributed by atoms with E-state index in [4.69, 9.17) is 30.4 Å². The normalized spacial score (nSPS) is 17.9. The zero-order valence-electron chi connectivity index (χ0n) is 42.0. The van der Waals surface area contributed by atoms with Crippen molar-refractivity contribution in [3.05, 3.63) is 137 Å². The summed E-state index contributed by atoms with van der Waals surface area (Å²) >= 11 is 0. The Bertz CT molecular complexity index is 2970. The number of aliphatic hydroxyl groups excluding tert-OH is 1. The lowest BCUT2D eigenvalue weighted by atomic mass is 9.87. The number of piperazine rings is 1. The molecule has 2 aliphatic rings. The number of halogens is 3. The average Bonchev–Trinajstić information content (AvgIpc) is 4.15. The van der Waals surface area contributed by atoms with Crippen LogP contribution in [0, 0.1) is 17.6 Å². The number of esters is 1. The van der Waals surface area contributed by atoms with Crippen LogP contribution in [-0.2, 0) is 42.6 Å². The van der Waals surface area contributed by atoms with Crippen molar-refractivity contribution in [2.45, 2.75) is 90.6 Å². The van der Waals surface area contributed by atoms with Gasteiger partial charge in [0.1, 0.15) is 54.3 Å². The Hall–Kier alpha value is -7.47. The lowest BCUT2D eigenvalue weighted by Crippen LogP contribution is -3.00. The number of nitrogens with zero attached hydrogens (tertiary/aromatic N) is 10. The summed E-state index contributed by atoms with van der Waals surface area (Å²) in [6.45, 7) is 8.58. The Morgan fingerprint density at radius 2 is 1.63 bits per heavy atom. The second kappa shape index (κ2) is 25.4. The zero-order valence-corrected chi connectivity index (χ0v) is 42.7. The van der Waals surface area contributed by atoms with Crippen molar-refractivity contribution in [2.24, 2.45) is 17.4 Å². The van der Waals surface area contributed by atoms with Crippen LogP contribution in [0.2, 0.25) is 0 Å². The van der Waals surface area contributed by atoms with E-state index in [0.29, 0.717) is 29.8 Å². The molecule has 2 aliphatic heterocycles. The standard InChI is InChI=1S/C51H60F2N12O9.CH4.ClH/c1-5-45(33(2)66)65-49(69)64(31-58-65)40-11-9-38(10-12-40)60-19-21-61(22-20-60)39-13-15-41(16-14-39)71-26-35-25-51(73-27-35,42-17-8-37(52)23-43(42)53)29-63-32-62(30-57-63)34(3)74-50(70)59(4)47-36(7-6-18-56-47)28-72-48(68)44(54)24-46(55)67;;/h6-18,23,30-35,44-45,66H,5,19-22,24-29,54H2,1-4H3,(H-,55,67);1H4;1H/t33-,34?,35+,44-,45-,51-;;/m0../s1. The molecular weight excluding hydrogens is 1010 g/mol. The molecule has 8 rings (SSSR count). The van der Waals surface area contributed by atoms with Gasteiger partial charge in [0.2, 0.25) is 18.5 Å². The molecule has 6 aromatic rings. The minimum atomic E-state index is -1.26. The van der Waals surface area contributed by atoms with Gasteiger partial charge >= 0.3 is 17.8 Å². The summed E-state index contributed by atoms with van der Waals surface area (Å²) in [5.74, 6) is -2.46. The van der Waals surface area contributed by atoms with Gasteiger partial charge in [-0.1, -0.05) is 26.5 Å². The van der Waals surface area contributed by atoms with Gasteiger partial charge in [-0.3, -0.25) is 14.5 Å². The molecule has 3 aromatic heterocycles. The third-order valence-corrected chi connectivity index (χ3v) is 13.3. The number of rotatable bonds is 20. The van der Waals surface area contributed by atoms with Crippen LogP contribution in [0.4, 0.5) is 30.8 Å². The van der Waals surface area contributed by atoms with Gasteiger partial charge in [-0.05, 0) is 80.4 Å². The first-order valence-corrected chi connectivity index (χ1v) is 24.3. The molecule has 2 amide bonds. The van der Waals surface area contributed by atoms with E-state index < -0.39 is 66.0 Å². The SMILES string of the molecule is C.CC[C@@H]([C@H](C)O)n1ncn(-c2ccc(N3CCN(c4ccc(OC[C@@H]5CO[C@@](Cn6c[n+](C(C)OC(=O)N(C)c7ncccc7COC(=O)[C@@H](N)CC(N)=O)cn6)(c6ccc(F)cc6F)C5)cc4)CC3)cc2)c1=O.[Cl-]. The number of hydrogen-bond donors (Lipinski definition) is 3. The van der Waals surface area contributed by atoms with Gasteiger partial charge in [0.05, 0.1) is 37.5 Å². The first-order valence-electron chi connectivity index (χ1n) is 24.3. The third kappa shape index (κ3) is 13.3. The highest BCUT2D eigenvalue weighted by Crippen LogP contribution is 2.42. The monoisotopic (exact) mass is 1070 g/mol. The van der Waals surface area contributed by atoms with E-state index in [2.05, 4.69) is 25.0 Å². The van der Waals surface area contributed by atoms with Crippen molar-refractivity contribution >= 4 is 35.2 Å². The highest BCUT2D eigenvalue weighted by atomic mass is 35.5. The molecule has 1 unspecified atom stereocenters. The summed E-state index contributed by atoms with van der Waals surface area (Å²) in [6, 6.07) is 20.6. The van der Waals surface area contributed by atoms with E-state index in [-0.39, 0.29) is 69.2 Å². The fourth-order valence-electron chi connectivity index (χ4n) is 9.31. The average molecular weight is 1080 g/mol. The van der Waals surface area contributed by atoms with E-state index >= 15 is 4.39 Å². The molecule has 5 heterocycles. The van der Waals surface area contributed by atoms with Crippen LogP contribution in [-0.4, -0.2) is 111 Å².